The molecule has 0 bridgehead atoms. The first kappa shape index (κ1) is 27.8. The van der Waals surface area contributed by atoms with Crippen LogP contribution >= 0.6 is 0 Å². The van der Waals surface area contributed by atoms with Crippen molar-refractivity contribution in [3.63, 3.8) is 0 Å². The Labute approximate surface area is 242 Å². The largest absolute Gasteiger partial charge is 0.507 e. The molecule has 4 aromatic carbocycles. The van der Waals surface area contributed by atoms with E-state index in [0.29, 0.717) is 39.6 Å². The van der Waals surface area contributed by atoms with Gasteiger partial charge in [-0.1, -0.05) is 30.3 Å². The third-order valence-corrected chi connectivity index (χ3v) is 6.39. The van der Waals surface area contributed by atoms with Crippen LogP contribution in [0.2, 0.25) is 0 Å². The van der Waals surface area contributed by atoms with Crippen LogP contribution in [0.15, 0.2) is 106 Å². The lowest BCUT2D eigenvalue weighted by Gasteiger charge is -2.09. The first-order chi connectivity index (χ1) is 20.4. The van der Waals surface area contributed by atoms with Crippen molar-refractivity contribution < 1.29 is 24.2 Å². The fraction of sp³-hybridized carbons (Fsp3) is 0.0938. The van der Waals surface area contributed by atoms with Gasteiger partial charge in [0.15, 0.2) is 11.5 Å². The minimum atomic E-state index is -0.682. The van der Waals surface area contributed by atoms with Crippen molar-refractivity contribution in [1.29, 1.82) is 0 Å². The molecule has 10 nitrogen and oxygen atoms in total. The van der Waals surface area contributed by atoms with Gasteiger partial charge >= 0.3 is 0 Å². The van der Waals surface area contributed by atoms with Crippen LogP contribution in [0.25, 0.3) is 6.08 Å². The molecule has 1 aliphatic rings. The van der Waals surface area contributed by atoms with Gasteiger partial charge in [-0.3, -0.25) is 9.59 Å². The van der Waals surface area contributed by atoms with Gasteiger partial charge in [-0.2, -0.15) is 15.3 Å². The Morgan fingerprint density at radius 1 is 0.833 bits per heavy atom. The molecular formula is C32H27N5O5. The second-order valence-corrected chi connectivity index (χ2v) is 9.40. The normalized spacial score (nSPS) is 12.6. The van der Waals surface area contributed by atoms with Crippen molar-refractivity contribution in [2.24, 2.45) is 15.3 Å². The molecule has 5 rings (SSSR count). The molecule has 210 valence electrons. The predicted molar refractivity (Wildman–Crippen MR) is 158 cm³/mol. The van der Waals surface area contributed by atoms with Gasteiger partial charge in [0.05, 0.1) is 17.6 Å². The minimum Gasteiger partial charge on any atom is -0.507 e. The summed E-state index contributed by atoms with van der Waals surface area (Å²) in [5, 5.41) is 25.4. The quantitative estimate of drug-likeness (QED) is 0.104. The number of fused-ring (bicyclic) bond motifs is 1. The van der Waals surface area contributed by atoms with Gasteiger partial charge in [0.1, 0.15) is 11.4 Å². The summed E-state index contributed by atoms with van der Waals surface area (Å²) in [6, 6.07) is 24.1. The van der Waals surface area contributed by atoms with Crippen LogP contribution in [0.3, 0.4) is 0 Å². The number of carbonyl (C=O) groups is 2. The van der Waals surface area contributed by atoms with E-state index in [1.54, 1.807) is 60.7 Å². The molecule has 0 atom stereocenters. The van der Waals surface area contributed by atoms with Gasteiger partial charge < -0.3 is 19.9 Å². The van der Waals surface area contributed by atoms with Crippen LogP contribution in [0.5, 0.6) is 17.2 Å². The van der Waals surface area contributed by atoms with Crippen LogP contribution in [0.4, 0.5) is 11.4 Å². The number of ether oxygens (including phenoxy) is 2. The maximum Gasteiger partial charge on any atom is 0.287 e. The molecule has 3 N–H and O–H groups in total. The van der Waals surface area contributed by atoms with Crippen LogP contribution < -0.4 is 20.2 Å². The Morgan fingerprint density at radius 3 is 2.36 bits per heavy atom. The number of nitrogens with one attached hydrogen (secondary N) is 2. The number of aryl methyl sites for hydroxylation is 2. The monoisotopic (exact) mass is 561 g/mol. The number of nitrogens with zero attached hydrogens (tertiary/aromatic N) is 3. The highest BCUT2D eigenvalue weighted by Crippen LogP contribution is 2.33. The predicted octanol–water partition coefficient (Wildman–Crippen LogP) is 6.07. The number of amides is 2. The second kappa shape index (κ2) is 12.6. The lowest BCUT2D eigenvalue weighted by molar-refractivity contribution is -0.117. The fourth-order valence-corrected chi connectivity index (χ4v) is 3.94. The highest BCUT2D eigenvalue weighted by atomic mass is 16.7. The van der Waals surface area contributed by atoms with Crippen LogP contribution in [0.1, 0.15) is 32.6 Å². The van der Waals surface area contributed by atoms with E-state index in [4.69, 9.17) is 9.47 Å². The van der Waals surface area contributed by atoms with Gasteiger partial charge in [0.2, 0.25) is 6.79 Å². The maximum atomic E-state index is 13.1. The standard InChI is InChI=1S/C32H27N5O5/c1-20-8-10-25(14-21(20)2)35-36-26-11-12-28(38)24(17-26)18-33-37-32(40)27(34-31(39)23-6-4-3-5-7-23)15-22-9-13-29-30(16-22)42-19-41-29/h3-18,38H,19H2,1-2H3,(H,34,39)(H,37,40)/b27-15-,33-18-,36-35?. The fourth-order valence-electron chi connectivity index (χ4n) is 3.94. The third kappa shape index (κ3) is 6.86. The average molecular weight is 562 g/mol. The number of phenolic OH excluding ortho intramolecular Hbond substituents is 1. The number of carbonyl (C=O) groups excluding carboxylic acids is 2. The van der Waals surface area contributed by atoms with Gasteiger partial charge in [-0.15, -0.1) is 0 Å². The summed E-state index contributed by atoms with van der Waals surface area (Å²) in [6.07, 6.45) is 2.78. The van der Waals surface area contributed by atoms with E-state index in [2.05, 4.69) is 26.1 Å². The molecule has 0 saturated heterocycles. The van der Waals surface area contributed by atoms with Gasteiger partial charge in [0.25, 0.3) is 11.8 Å². The summed E-state index contributed by atoms with van der Waals surface area (Å²) in [6.45, 7) is 4.13. The van der Waals surface area contributed by atoms with E-state index in [1.807, 2.05) is 32.0 Å². The van der Waals surface area contributed by atoms with Crippen molar-refractivity contribution in [3.8, 4) is 17.2 Å². The van der Waals surface area contributed by atoms with Crippen molar-refractivity contribution in [2.75, 3.05) is 6.79 Å². The van der Waals surface area contributed by atoms with Gasteiger partial charge in [0, 0.05) is 11.1 Å². The lowest BCUT2D eigenvalue weighted by Crippen LogP contribution is -2.32. The Hall–Kier alpha value is -5.77. The SMILES string of the molecule is Cc1ccc(N=Nc2ccc(O)c(/C=N\NC(=O)/C(=C/c3ccc4c(c3)OCO4)NC(=O)c3ccccc3)c2)cc1C. The van der Waals surface area contributed by atoms with E-state index in [1.165, 1.54) is 18.4 Å². The summed E-state index contributed by atoms with van der Waals surface area (Å²) in [4.78, 5) is 26.0. The molecule has 1 heterocycles. The zero-order chi connectivity index (χ0) is 29.5. The molecule has 0 aromatic heterocycles. The molecule has 0 spiro atoms. The van der Waals surface area contributed by atoms with Crippen molar-refractivity contribution in [1.82, 2.24) is 10.7 Å². The number of phenols is 1. The first-order valence-corrected chi connectivity index (χ1v) is 13.0. The summed E-state index contributed by atoms with van der Waals surface area (Å²) in [5.74, 6) is -0.0985. The Bertz CT molecular complexity index is 1730. The number of rotatable bonds is 8. The number of hydrogen-bond acceptors (Lipinski definition) is 8. The molecule has 0 saturated carbocycles. The molecule has 10 heteroatoms. The Balaban J connectivity index is 1.33. The van der Waals surface area contributed by atoms with Crippen molar-refractivity contribution in [2.45, 2.75) is 13.8 Å². The molecule has 0 fully saturated rings. The van der Waals surface area contributed by atoms with Crippen molar-refractivity contribution >= 4 is 35.5 Å². The average Bonchev–Trinajstić information content (AvgIpc) is 3.47. The molecule has 2 amide bonds. The van der Waals surface area contributed by atoms with Gasteiger partial charge in [-0.25, -0.2) is 5.43 Å². The highest BCUT2D eigenvalue weighted by Gasteiger charge is 2.17. The van der Waals surface area contributed by atoms with Crippen LogP contribution in [-0.4, -0.2) is 29.9 Å². The summed E-state index contributed by atoms with van der Waals surface area (Å²) in [5.41, 5.74) is 7.08. The molecule has 4 aromatic rings. The summed E-state index contributed by atoms with van der Waals surface area (Å²) < 4.78 is 10.8. The topological polar surface area (TPSA) is 134 Å². The molecule has 0 aliphatic carbocycles. The number of hydrogen-bond donors (Lipinski definition) is 3. The maximum absolute atomic E-state index is 13.1. The zero-order valence-corrected chi connectivity index (χ0v) is 22.9. The molecule has 0 unspecified atom stereocenters. The summed E-state index contributed by atoms with van der Waals surface area (Å²) in [7, 11) is 0. The van der Waals surface area contributed by atoms with Crippen molar-refractivity contribution in [3.05, 3.63) is 118 Å². The molecular weight excluding hydrogens is 534 g/mol. The first-order valence-electron chi connectivity index (χ1n) is 13.0. The van der Waals surface area contributed by atoms with Gasteiger partial charge in [-0.05, 0) is 91.2 Å². The van der Waals surface area contributed by atoms with Crippen LogP contribution in [-0.2, 0) is 4.79 Å². The zero-order valence-electron chi connectivity index (χ0n) is 22.9. The van der Waals surface area contributed by atoms with E-state index < -0.39 is 11.8 Å². The smallest absolute Gasteiger partial charge is 0.287 e. The number of aromatic hydroxyl groups is 1. The lowest BCUT2D eigenvalue weighted by atomic mass is 10.1. The van der Waals surface area contributed by atoms with E-state index >= 15 is 0 Å². The molecule has 42 heavy (non-hydrogen) atoms. The van der Waals surface area contributed by atoms with E-state index in [-0.39, 0.29) is 18.2 Å². The number of azo groups is 1. The summed E-state index contributed by atoms with van der Waals surface area (Å²) >= 11 is 0. The molecule has 1 aliphatic heterocycles. The van der Waals surface area contributed by atoms with E-state index in [9.17, 15) is 14.7 Å². The highest BCUT2D eigenvalue weighted by molar-refractivity contribution is 6.05. The number of benzene rings is 4. The third-order valence-electron chi connectivity index (χ3n) is 6.39. The van der Waals surface area contributed by atoms with Crippen LogP contribution in [0, 0.1) is 13.8 Å². The molecule has 0 radical (unpaired) electrons. The second-order valence-electron chi connectivity index (χ2n) is 9.40. The number of hydrazone groups is 1. The minimum absolute atomic E-state index is 0.0555. The van der Waals surface area contributed by atoms with E-state index in [0.717, 1.165) is 11.1 Å². The Morgan fingerprint density at radius 2 is 1.57 bits per heavy atom. The Kier molecular flexibility index (Phi) is 8.34.